The molecule has 5 heterocycles. The van der Waals surface area contributed by atoms with Crippen molar-refractivity contribution in [3.8, 4) is 17.5 Å². The number of para-hydroxylation sites is 1. The van der Waals surface area contributed by atoms with Crippen molar-refractivity contribution in [3.63, 3.8) is 0 Å². The van der Waals surface area contributed by atoms with Gasteiger partial charge in [0.2, 0.25) is 0 Å². The van der Waals surface area contributed by atoms with Crippen molar-refractivity contribution >= 4 is 33.8 Å². The minimum absolute atomic E-state index is 0.0748. The van der Waals surface area contributed by atoms with Crippen LogP contribution in [0.15, 0.2) is 78.1 Å². The Bertz CT molecular complexity index is 2200. The van der Waals surface area contributed by atoms with E-state index in [-0.39, 0.29) is 16.9 Å². The van der Waals surface area contributed by atoms with Gasteiger partial charge in [0.15, 0.2) is 11.5 Å². The van der Waals surface area contributed by atoms with Crippen LogP contribution in [0.25, 0.3) is 22.1 Å². The molecule has 0 radical (unpaired) electrons. The van der Waals surface area contributed by atoms with Gasteiger partial charge in [-0.15, -0.1) is 5.10 Å². The molecule has 1 atom stereocenters. The van der Waals surface area contributed by atoms with Gasteiger partial charge in [-0.1, -0.05) is 30.0 Å². The number of nitrogens with two attached hydrogens (primary N) is 1. The highest BCUT2D eigenvalue weighted by atomic mass is 16.2. The van der Waals surface area contributed by atoms with Gasteiger partial charge in [0.1, 0.15) is 5.56 Å². The molecule has 0 spiro atoms. The van der Waals surface area contributed by atoms with E-state index in [1.165, 1.54) is 4.52 Å². The third kappa shape index (κ3) is 4.19. The lowest BCUT2D eigenvalue weighted by Crippen LogP contribution is -2.34. The molecule has 0 saturated carbocycles. The Morgan fingerprint density at radius 2 is 1.88 bits per heavy atom. The topological polar surface area (TPSA) is 128 Å². The number of anilines is 2. The fourth-order valence-electron chi connectivity index (χ4n) is 5.88. The SMILES string of the molecule is C[C@@H](NC(=O)c1c(N)nn2cccnc12)c1c2c3c(ccc(C#Cc4cnn(C)c4)c3c(=O)n1-c1ccccc1)N(C)C2. The van der Waals surface area contributed by atoms with Gasteiger partial charge in [-0.3, -0.25) is 18.8 Å². The van der Waals surface area contributed by atoms with Crippen LogP contribution in [-0.4, -0.2) is 41.9 Å². The predicted octanol–water partition coefficient (Wildman–Crippen LogP) is 3.19. The van der Waals surface area contributed by atoms with Gasteiger partial charge >= 0.3 is 0 Å². The lowest BCUT2D eigenvalue weighted by atomic mass is 9.97. The summed E-state index contributed by atoms with van der Waals surface area (Å²) < 4.78 is 4.85. The Kier molecular flexibility index (Phi) is 5.98. The van der Waals surface area contributed by atoms with E-state index in [1.807, 2.05) is 69.7 Å². The molecular weight excluding hydrogens is 542 g/mol. The van der Waals surface area contributed by atoms with E-state index in [2.05, 4.69) is 37.2 Å². The van der Waals surface area contributed by atoms with Gasteiger partial charge in [-0.05, 0) is 37.3 Å². The zero-order valence-corrected chi connectivity index (χ0v) is 23.7. The molecular formula is C32H27N9O2. The molecule has 11 nitrogen and oxygen atoms in total. The number of aromatic nitrogens is 6. The summed E-state index contributed by atoms with van der Waals surface area (Å²) in [6, 6.07) is 14.5. The van der Waals surface area contributed by atoms with Gasteiger partial charge in [-0.25, -0.2) is 9.50 Å². The minimum Gasteiger partial charge on any atom is -0.381 e. The maximum atomic E-state index is 14.6. The molecule has 7 rings (SSSR count). The lowest BCUT2D eigenvalue weighted by Gasteiger charge is -2.23. The number of amides is 1. The van der Waals surface area contributed by atoms with Crippen LogP contribution in [0.4, 0.5) is 11.5 Å². The second-order valence-corrected chi connectivity index (χ2v) is 10.6. The maximum Gasteiger partial charge on any atom is 0.264 e. The number of rotatable bonds is 4. The van der Waals surface area contributed by atoms with Crippen molar-refractivity contribution < 1.29 is 4.79 Å². The van der Waals surface area contributed by atoms with Crippen LogP contribution in [-0.2, 0) is 13.6 Å². The number of carbonyl (C=O) groups excluding carboxylic acids is 1. The zero-order chi connectivity index (χ0) is 29.8. The van der Waals surface area contributed by atoms with Gasteiger partial charge in [0.25, 0.3) is 11.5 Å². The summed E-state index contributed by atoms with van der Waals surface area (Å²) in [6.07, 6.45) is 6.79. The number of nitrogen functional groups attached to an aromatic ring is 1. The molecule has 1 aliphatic heterocycles. The van der Waals surface area contributed by atoms with Crippen molar-refractivity contribution in [2.45, 2.75) is 19.5 Å². The average molecular weight is 570 g/mol. The Balaban J connectivity index is 1.44. The van der Waals surface area contributed by atoms with Gasteiger partial charge in [0.05, 0.1) is 28.9 Å². The van der Waals surface area contributed by atoms with Crippen molar-refractivity contribution in [2.75, 3.05) is 17.7 Å². The van der Waals surface area contributed by atoms with E-state index in [1.54, 1.807) is 33.9 Å². The van der Waals surface area contributed by atoms with Crippen LogP contribution in [0.5, 0.6) is 0 Å². The van der Waals surface area contributed by atoms with Gasteiger partial charge < -0.3 is 16.0 Å². The number of pyridine rings is 1. The number of fused-ring (bicyclic) bond motifs is 1. The van der Waals surface area contributed by atoms with Crippen LogP contribution in [0.3, 0.4) is 0 Å². The van der Waals surface area contributed by atoms with E-state index < -0.39 is 11.9 Å². The number of benzene rings is 2. The predicted molar refractivity (Wildman–Crippen MR) is 164 cm³/mol. The molecule has 0 unspecified atom stereocenters. The summed E-state index contributed by atoms with van der Waals surface area (Å²) >= 11 is 0. The summed E-state index contributed by atoms with van der Waals surface area (Å²) in [5, 5.41) is 12.9. The molecule has 6 aromatic rings. The molecule has 1 aliphatic rings. The first-order valence-electron chi connectivity index (χ1n) is 13.7. The van der Waals surface area contributed by atoms with Gasteiger partial charge in [-0.2, -0.15) is 5.10 Å². The highest BCUT2D eigenvalue weighted by Crippen LogP contribution is 2.40. The Morgan fingerprint density at radius 3 is 2.65 bits per heavy atom. The highest BCUT2D eigenvalue weighted by Gasteiger charge is 2.31. The number of nitrogens with zero attached hydrogens (tertiary/aromatic N) is 7. The molecule has 3 N–H and O–H groups in total. The van der Waals surface area contributed by atoms with E-state index in [4.69, 9.17) is 5.73 Å². The summed E-state index contributed by atoms with van der Waals surface area (Å²) in [4.78, 5) is 34.7. The molecule has 43 heavy (non-hydrogen) atoms. The van der Waals surface area contributed by atoms with Crippen molar-refractivity contribution in [3.05, 3.63) is 112 Å². The van der Waals surface area contributed by atoms with Crippen LogP contribution >= 0.6 is 0 Å². The number of nitrogens with one attached hydrogen (secondary N) is 1. The highest BCUT2D eigenvalue weighted by molar-refractivity contribution is 6.05. The lowest BCUT2D eigenvalue weighted by molar-refractivity contribution is 0.0941. The maximum absolute atomic E-state index is 14.6. The molecule has 11 heteroatoms. The second kappa shape index (κ2) is 9.88. The molecule has 2 aromatic carbocycles. The normalized spacial score (nSPS) is 12.9. The minimum atomic E-state index is -0.581. The van der Waals surface area contributed by atoms with Crippen LogP contribution in [0, 0.1) is 11.8 Å². The zero-order valence-electron chi connectivity index (χ0n) is 23.7. The van der Waals surface area contributed by atoms with Crippen LogP contribution in [0.1, 0.15) is 45.7 Å². The number of carbonyl (C=O) groups is 1. The van der Waals surface area contributed by atoms with Crippen molar-refractivity contribution in [2.24, 2.45) is 7.05 Å². The van der Waals surface area contributed by atoms with Crippen molar-refractivity contribution in [1.82, 2.24) is 34.3 Å². The van der Waals surface area contributed by atoms with Crippen LogP contribution in [0.2, 0.25) is 0 Å². The first kappa shape index (κ1) is 26.0. The summed E-state index contributed by atoms with van der Waals surface area (Å²) in [5.41, 5.74) is 11.1. The monoisotopic (exact) mass is 569 g/mol. The third-order valence-corrected chi connectivity index (χ3v) is 7.73. The van der Waals surface area contributed by atoms with Crippen LogP contribution < -0.4 is 21.5 Å². The number of aryl methyl sites for hydroxylation is 1. The molecule has 0 fully saturated rings. The average Bonchev–Trinajstić information content (AvgIpc) is 3.68. The quantitative estimate of drug-likeness (QED) is 0.312. The van der Waals surface area contributed by atoms with E-state index in [0.717, 1.165) is 22.2 Å². The molecule has 1 amide bonds. The molecule has 4 aromatic heterocycles. The molecule has 0 bridgehead atoms. The Morgan fingerprint density at radius 1 is 1.07 bits per heavy atom. The smallest absolute Gasteiger partial charge is 0.264 e. The largest absolute Gasteiger partial charge is 0.381 e. The standard InChI is InChI=1S/C32H27N9O2/c1-19(36-31(42)27-29(33)37-40-15-7-14-34-30(27)40)28-23-18-38(2)24-13-12-21(11-10-20-16-35-39(3)17-20)25(26(23)24)32(43)41(28)22-8-5-4-6-9-22/h4-9,12-17,19H,18H2,1-3H3,(H2,33,37)(H,36,42)/t19-/m1/s1. The summed E-state index contributed by atoms with van der Waals surface area (Å²) in [6.45, 7) is 2.42. The Hall–Kier alpha value is -5.89. The molecule has 212 valence electrons. The summed E-state index contributed by atoms with van der Waals surface area (Å²) in [5.74, 6) is 6.02. The van der Waals surface area contributed by atoms with Gasteiger partial charge in [0, 0.05) is 67.1 Å². The fourth-order valence-corrected chi connectivity index (χ4v) is 5.88. The molecule has 0 aliphatic carbocycles. The van der Waals surface area contributed by atoms with E-state index >= 15 is 0 Å². The molecule has 0 saturated heterocycles. The summed E-state index contributed by atoms with van der Waals surface area (Å²) in [7, 11) is 3.83. The van der Waals surface area contributed by atoms with E-state index in [0.29, 0.717) is 34.5 Å². The third-order valence-electron chi connectivity index (χ3n) is 7.73. The number of hydrogen-bond acceptors (Lipinski definition) is 7. The van der Waals surface area contributed by atoms with Crippen molar-refractivity contribution in [1.29, 1.82) is 0 Å². The first-order chi connectivity index (χ1) is 20.8. The fraction of sp³-hybridized carbons (Fsp3) is 0.156. The second-order valence-electron chi connectivity index (χ2n) is 10.6. The van der Waals surface area contributed by atoms with E-state index in [9.17, 15) is 9.59 Å². The Labute approximate surface area is 246 Å². The first-order valence-corrected chi connectivity index (χ1v) is 13.7. The number of hydrogen-bond donors (Lipinski definition) is 2.